The molecule has 9 heteroatoms. The number of amides is 1. The van der Waals surface area contributed by atoms with Gasteiger partial charge in [0.05, 0.1) is 23.9 Å². The number of rotatable bonds is 5. The minimum absolute atomic E-state index is 0.0161. The van der Waals surface area contributed by atoms with Gasteiger partial charge in [-0.2, -0.15) is 0 Å². The smallest absolute Gasteiger partial charge is 0.301 e. The van der Waals surface area contributed by atoms with Crippen LogP contribution in [0.5, 0.6) is 5.75 Å². The number of benzene rings is 1. The van der Waals surface area contributed by atoms with Crippen molar-refractivity contribution in [2.24, 2.45) is 0 Å². The van der Waals surface area contributed by atoms with Crippen LogP contribution in [0.25, 0.3) is 11.4 Å². The van der Waals surface area contributed by atoms with E-state index >= 15 is 0 Å². The van der Waals surface area contributed by atoms with Crippen LogP contribution in [-0.4, -0.2) is 37.8 Å². The van der Waals surface area contributed by atoms with Crippen molar-refractivity contribution in [1.82, 2.24) is 14.4 Å². The largest absolute Gasteiger partial charge is 0.505 e. The van der Waals surface area contributed by atoms with E-state index in [-0.39, 0.29) is 11.3 Å². The van der Waals surface area contributed by atoms with E-state index in [0.29, 0.717) is 40.1 Å². The Balaban J connectivity index is 1.77. The topological polar surface area (TPSA) is 97.0 Å². The fraction of sp³-hybridized carbons (Fsp3) is 0.167. The van der Waals surface area contributed by atoms with Crippen LogP contribution in [0.4, 0.5) is 5.13 Å². The molecule has 0 radical (unpaired) electrons. The third-order valence-electron chi connectivity index (χ3n) is 5.48. The average molecular weight is 461 g/mol. The van der Waals surface area contributed by atoms with E-state index in [0.717, 1.165) is 0 Å². The van der Waals surface area contributed by atoms with Crippen LogP contribution in [0.15, 0.2) is 65.8 Å². The lowest BCUT2D eigenvalue weighted by atomic mass is 9.96. The van der Waals surface area contributed by atoms with Gasteiger partial charge in [0.2, 0.25) is 0 Å². The van der Waals surface area contributed by atoms with Crippen molar-refractivity contribution >= 4 is 39.6 Å². The van der Waals surface area contributed by atoms with Gasteiger partial charge in [-0.3, -0.25) is 18.9 Å². The summed E-state index contributed by atoms with van der Waals surface area (Å²) in [6.45, 7) is 4.10. The van der Waals surface area contributed by atoms with Gasteiger partial charge >= 0.3 is 5.91 Å². The molecule has 0 saturated carbocycles. The van der Waals surface area contributed by atoms with E-state index in [1.807, 2.05) is 19.1 Å². The third kappa shape index (κ3) is 3.37. The van der Waals surface area contributed by atoms with Gasteiger partial charge in [0.25, 0.3) is 5.78 Å². The van der Waals surface area contributed by atoms with Gasteiger partial charge in [0.15, 0.2) is 10.9 Å². The van der Waals surface area contributed by atoms with Crippen LogP contribution < -0.4 is 9.64 Å². The van der Waals surface area contributed by atoms with Crippen molar-refractivity contribution in [3.8, 4) is 5.75 Å². The van der Waals surface area contributed by atoms with Gasteiger partial charge < -0.3 is 9.84 Å². The number of fused-ring (bicyclic) bond motifs is 1. The Hall–Kier alpha value is -3.98. The molecule has 1 amide bonds. The number of aryl methyl sites for hydroxylation is 1. The number of anilines is 1. The summed E-state index contributed by atoms with van der Waals surface area (Å²) in [5, 5.41) is 13.6. The van der Waals surface area contributed by atoms with Crippen LogP contribution >= 0.6 is 11.3 Å². The normalized spacial score (nSPS) is 17.8. The minimum Gasteiger partial charge on any atom is -0.505 e. The fourth-order valence-electron chi connectivity index (χ4n) is 4.15. The highest BCUT2D eigenvalue weighted by atomic mass is 32.1. The molecule has 0 spiro atoms. The Bertz CT molecular complexity index is 1410. The predicted octanol–water partition coefficient (Wildman–Crippen LogP) is 4.12. The van der Waals surface area contributed by atoms with Gasteiger partial charge in [0, 0.05) is 17.8 Å². The van der Waals surface area contributed by atoms with Gasteiger partial charge in [-0.25, -0.2) is 9.97 Å². The molecule has 3 aromatic heterocycles. The third-order valence-corrected chi connectivity index (χ3v) is 6.25. The number of hydrogen-bond acceptors (Lipinski definition) is 7. The maximum atomic E-state index is 13.3. The zero-order valence-corrected chi connectivity index (χ0v) is 18.7. The number of carbonyl (C=O) groups excluding carboxylic acids is 2. The van der Waals surface area contributed by atoms with Crippen LogP contribution in [0.3, 0.4) is 0 Å². The van der Waals surface area contributed by atoms with Crippen molar-refractivity contribution in [3.63, 3.8) is 0 Å². The van der Waals surface area contributed by atoms with Crippen LogP contribution in [0.1, 0.15) is 29.9 Å². The van der Waals surface area contributed by atoms with E-state index in [1.165, 1.54) is 16.2 Å². The van der Waals surface area contributed by atoms with E-state index < -0.39 is 17.7 Å². The second kappa shape index (κ2) is 8.18. The molecule has 1 fully saturated rings. The van der Waals surface area contributed by atoms with Gasteiger partial charge in [-0.05, 0) is 43.7 Å². The number of aliphatic hydroxyl groups is 1. The molecular weight excluding hydrogens is 440 g/mol. The number of imidazole rings is 1. The lowest BCUT2D eigenvalue weighted by molar-refractivity contribution is -0.132. The second-order valence-electron chi connectivity index (χ2n) is 7.46. The lowest BCUT2D eigenvalue weighted by Crippen LogP contribution is -2.29. The Kier molecular flexibility index (Phi) is 5.18. The number of carbonyl (C=O) groups is 2. The first-order chi connectivity index (χ1) is 16.0. The summed E-state index contributed by atoms with van der Waals surface area (Å²) in [6.07, 6.45) is 3.33. The number of aliphatic hydroxyl groups excluding tert-OH is 1. The van der Waals surface area contributed by atoms with E-state index in [2.05, 4.69) is 9.97 Å². The maximum absolute atomic E-state index is 13.3. The van der Waals surface area contributed by atoms with E-state index in [1.54, 1.807) is 59.4 Å². The Morgan fingerprint density at radius 2 is 2.06 bits per heavy atom. The van der Waals surface area contributed by atoms with Crippen LogP contribution in [0, 0.1) is 6.92 Å². The Morgan fingerprint density at radius 3 is 2.82 bits per heavy atom. The molecule has 1 aromatic carbocycles. The summed E-state index contributed by atoms with van der Waals surface area (Å²) in [6, 6.07) is 11.8. The summed E-state index contributed by atoms with van der Waals surface area (Å²) in [5.41, 5.74) is 2.15. The molecule has 0 bridgehead atoms. The standard InChI is InChI=1S/C24H20N4O4S/c1-3-32-16-8-6-7-15(13-16)20-18(22(30)23(31)28(20)24-25-10-12-33-24)21(29)19-14(2)26-17-9-4-5-11-27(17)19/h4-13,20,29H,3H2,1-2H3/b21-18+. The highest BCUT2D eigenvalue weighted by Crippen LogP contribution is 2.43. The number of ether oxygens (including phenoxy) is 1. The SMILES string of the molecule is CCOc1cccc(C2/C(=C(\O)c3c(C)nc4ccccn34)C(=O)C(=O)N2c2nccs2)c1. The van der Waals surface area contributed by atoms with Crippen molar-refractivity contribution in [2.45, 2.75) is 19.9 Å². The number of nitrogens with zero attached hydrogens (tertiary/aromatic N) is 4. The second-order valence-corrected chi connectivity index (χ2v) is 8.34. The molecule has 33 heavy (non-hydrogen) atoms. The van der Waals surface area contributed by atoms with E-state index in [4.69, 9.17) is 4.74 Å². The molecule has 8 nitrogen and oxygen atoms in total. The number of thiazole rings is 1. The van der Waals surface area contributed by atoms with Gasteiger partial charge in [0.1, 0.15) is 17.1 Å². The quantitative estimate of drug-likeness (QED) is 0.273. The highest BCUT2D eigenvalue weighted by Gasteiger charge is 2.48. The first kappa shape index (κ1) is 20.9. The first-order valence-electron chi connectivity index (χ1n) is 10.4. The molecule has 4 heterocycles. The summed E-state index contributed by atoms with van der Waals surface area (Å²) >= 11 is 1.24. The molecule has 1 unspecified atom stereocenters. The van der Waals surface area contributed by atoms with Crippen LogP contribution in [0.2, 0.25) is 0 Å². The minimum atomic E-state index is -0.870. The Morgan fingerprint density at radius 1 is 1.21 bits per heavy atom. The monoisotopic (exact) mass is 460 g/mol. The molecular formula is C24H20N4O4S. The summed E-state index contributed by atoms with van der Waals surface area (Å²) < 4.78 is 7.34. The molecule has 4 aromatic rings. The predicted molar refractivity (Wildman–Crippen MR) is 124 cm³/mol. The first-order valence-corrected chi connectivity index (χ1v) is 11.3. The number of pyridine rings is 1. The van der Waals surface area contributed by atoms with E-state index in [9.17, 15) is 14.7 Å². The van der Waals surface area contributed by atoms with Gasteiger partial charge in [-0.1, -0.05) is 18.2 Å². The molecule has 0 aliphatic carbocycles. The Labute approximate surface area is 193 Å². The number of hydrogen-bond donors (Lipinski definition) is 1. The zero-order valence-electron chi connectivity index (χ0n) is 17.9. The zero-order chi connectivity index (χ0) is 23.1. The summed E-state index contributed by atoms with van der Waals surface area (Å²) in [4.78, 5) is 36.6. The number of ketones is 1. The van der Waals surface area contributed by atoms with Crippen molar-refractivity contribution in [2.75, 3.05) is 11.5 Å². The van der Waals surface area contributed by atoms with Crippen LogP contribution in [-0.2, 0) is 9.59 Å². The molecule has 1 aliphatic heterocycles. The number of aromatic nitrogens is 3. The number of Topliss-reactive ketones (excluding diaryl/α,β-unsaturated/α-hetero) is 1. The van der Waals surface area contributed by atoms with Crippen molar-refractivity contribution < 1.29 is 19.4 Å². The average Bonchev–Trinajstić information content (AvgIpc) is 3.51. The maximum Gasteiger partial charge on any atom is 0.301 e. The molecule has 1 aliphatic rings. The molecule has 1 saturated heterocycles. The lowest BCUT2D eigenvalue weighted by Gasteiger charge is -2.23. The molecule has 5 rings (SSSR count). The molecule has 166 valence electrons. The molecule has 1 N–H and O–H groups in total. The summed E-state index contributed by atoms with van der Waals surface area (Å²) in [7, 11) is 0. The van der Waals surface area contributed by atoms with Crippen molar-refractivity contribution in [1.29, 1.82) is 0 Å². The fourth-order valence-corrected chi connectivity index (χ4v) is 4.81. The van der Waals surface area contributed by atoms with Crippen molar-refractivity contribution in [3.05, 3.63) is 82.8 Å². The highest BCUT2D eigenvalue weighted by molar-refractivity contribution is 7.14. The van der Waals surface area contributed by atoms with Gasteiger partial charge in [-0.15, -0.1) is 11.3 Å². The molecule has 1 atom stereocenters. The summed E-state index contributed by atoms with van der Waals surface area (Å²) in [5.74, 6) is -1.20.